The highest BCUT2D eigenvalue weighted by molar-refractivity contribution is 5.96. The Morgan fingerprint density at radius 3 is 2.23 bits per heavy atom. The molecule has 0 unspecified atom stereocenters. The lowest BCUT2D eigenvalue weighted by molar-refractivity contribution is -0.115. The number of methoxy groups -OCH3 is 1. The number of fused-ring (bicyclic) bond motifs is 1. The maximum atomic E-state index is 12.6. The molecule has 0 saturated heterocycles. The first-order valence-corrected chi connectivity index (χ1v) is 11.6. The third-order valence-electron chi connectivity index (χ3n) is 5.72. The monoisotopic (exact) mass is 466 g/mol. The lowest BCUT2D eigenvalue weighted by atomic mass is 10.0. The molecule has 2 aliphatic carbocycles. The Hall–Kier alpha value is -4.09. The number of carbonyl (C=O) groups excluding carboxylic acids is 1. The third kappa shape index (κ3) is 6.28. The van der Waals surface area contributed by atoms with Crippen molar-refractivity contribution in [1.29, 1.82) is 0 Å². The van der Waals surface area contributed by atoms with Crippen LogP contribution in [-0.2, 0) is 11.2 Å². The number of benzene rings is 4. The summed E-state index contributed by atoms with van der Waals surface area (Å²) in [5.41, 5.74) is 13.5. The van der Waals surface area contributed by atoms with Crippen LogP contribution in [0.5, 0.6) is 11.5 Å². The van der Waals surface area contributed by atoms with E-state index in [4.69, 9.17) is 15.2 Å². The second kappa shape index (κ2) is 11.4. The van der Waals surface area contributed by atoms with Gasteiger partial charge in [0.1, 0.15) is 6.61 Å². The number of aryl methyl sites for hydroxylation is 1. The van der Waals surface area contributed by atoms with Crippen LogP contribution >= 0.6 is 0 Å². The van der Waals surface area contributed by atoms with Crippen LogP contribution in [0.3, 0.4) is 0 Å². The second-order valence-corrected chi connectivity index (χ2v) is 8.29. The number of rotatable bonds is 8. The lowest BCUT2D eigenvalue weighted by Gasteiger charge is -2.13. The quantitative estimate of drug-likeness (QED) is 0.301. The molecule has 178 valence electrons. The maximum absolute atomic E-state index is 12.6. The summed E-state index contributed by atoms with van der Waals surface area (Å²) in [6.45, 7) is 2.98. The molecule has 5 heteroatoms. The second-order valence-electron chi connectivity index (χ2n) is 8.29. The van der Waals surface area contributed by atoms with Crippen LogP contribution < -0.4 is 20.5 Å². The number of para-hydroxylation sites is 1. The van der Waals surface area contributed by atoms with Crippen molar-refractivity contribution in [2.24, 2.45) is 5.73 Å². The number of nitrogens with two attached hydrogens (primary N) is 1. The lowest BCUT2D eigenvalue weighted by Crippen LogP contribution is -2.15. The third-order valence-corrected chi connectivity index (χ3v) is 5.72. The Morgan fingerprint density at radius 2 is 1.60 bits per heavy atom. The SMILES string of the molecule is COc1cc(CC(=O)Nc2ccccc2-c2ccccc2)ccc1OCCN.Cc1ccc2cc1-2. The minimum atomic E-state index is -0.0962. The zero-order chi connectivity index (χ0) is 24.6. The van der Waals surface area contributed by atoms with Gasteiger partial charge in [0.25, 0.3) is 0 Å². The van der Waals surface area contributed by atoms with Gasteiger partial charge >= 0.3 is 0 Å². The van der Waals surface area contributed by atoms with E-state index in [1.54, 1.807) is 13.2 Å². The van der Waals surface area contributed by atoms with Crippen LogP contribution in [0.25, 0.3) is 22.3 Å². The minimum absolute atomic E-state index is 0.0962. The molecule has 3 aromatic carbocycles. The van der Waals surface area contributed by atoms with Crippen LogP contribution in [0, 0.1) is 6.92 Å². The molecule has 0 aromatic heterocycles. The Morgan fingerprint density at radius 1 is 0.829 bits per heavy atom. The van der Waals surface area contributed by atoms with E-state index < -0.39 is 0 Å². The maximum Gasteiger partial charge on any atom is 0.228 e. The summed E-state index contributed by atoms with van der Waals surface area (Å²) in [7, 11) is 1.57. The van der Waals surface area contributed by atoms with E-state index in [0.717, 1.165) is 22.4 Å². The molecule has 0 spiro atoms. The summed E-state index contributed by atoms with van der Waals surface area (Å²) in [5.74, 6) is 1.11. The molecule has 1 amide bonds. The first kappa shape index (κ1) is 24.0. The summed E-state index contributed by atoms with van der Waals surface area (Å²) in [5, 5.41) is 3.02. The number of amides is 1. The van der Waals surface area contributed by atoms with Crippen molar-refractivity contribution in [1.82, 2.24) is 0 Å². The van der Waals surface area contributed by atoms with Crippen molar-refractivity contribution in [3.63, 3.8) is 0 Å². The van der Waals surface area contributed by atoms with Gasteiger partial charge in [0, 0.05) is 17.8 Å². The van der Waals surface area contributed by atoms with E-state index >= 15 is 0 Å². The van der Waals surface area contributed by atoms with Crippen LogP contribution in [0.15, 0.2) is 91.0 Å². The highest BCUT2D eigenvalue weighted by Crippen LogP contribution is 2.37. The van der Waals surface area contributed by atoms with Crippen LogP contribution in [0.1, 0.15) is 11.1 Å². The van der Waals surface area contributed by atoms with E-state index in [1.165, 1.54) is 16.7 Å². The van der Waals surface area contributed by atoms with Crippen molar-refractivity contribution in [2.75, 3.05) is 25.6 Å². The molecule has 0 aliphatic heterocycles. The smallest absolute Gasteiger partial charge is 0.228 e. The van der Waals surface area contributed by atoms with Gasteiger partial charge in [0.15, 0.2) is 11.5 Å². The first-order chi connectivity index (χ1) is 17.1. The Balaban J connectivity index is 0.000000347. The average molecular weight is 467 g/mol. The molecule has 3 aromatic rings. The molecule has 5 nitrogen and oxygen atoms in total. The van der Waals surface area contributed by atoms with Crippen LogP contribution in [0.4, 0.5) is 5.69 Å². The molecule has 0 heterocycles. The van der Waals surface area contributed by atoms with E-state index in [1.807, 2.05) is 66.7 Å². The van der Waals surface area contributed by atoms with E-state index in [-0.39, 0.29) is 12.3 Å². The minimum Gasteiger partial charge on any atom is -0.493 e. The molecule has 0 fully saturated rings. The molecular weight excluding hydrogens is 436 g/mol. The van der Waals surface area contributed by atoms with Crippen LogP contribution in [0.2, 0.25) is 0 Å². The van der Waals surface area contributed by atoms with Gasteiger partial charge in [-0.3, -0.25) is 4.79 Å². The first-order valence-electron chi connectivity index (χ1n) is 11.6. The number of hydrogen-bond acceptors (Lipinski definition) is 4. The van der Waals surface area contributed by atoms with E-state index in [2.05, 4.69) is 30.4 Å². The van der Waals surface area contributed by atoms with Gasteiger partial charge in [-0.2, -0.15) is 0 Å². The van der Waals surface area contributed by atoms with Crippen molar-refractivity contribution in [3.05, 3.63) is 102 Å². The van der Waals surface area contributed by atoms with Crippen molar-refractivity contribution >= 4 is 11.6 Å². The van der Waals surface area contributed by atoms with Crippen LogP contribution in [-0.4, -0.2) is 26.2 Å². The highest BCUT2D eigenvalue weighted by atomic mass is 16.5. The highest BCUT2D eigenvalue weighted by Gasteiger charge is 2.13. The summed E-state index contributed by atoms with van der Waals surface area (Å²) in [6.07, 6.45) is 0.233. The van der Waals surface area contributed by atoms with Gasteiger partial charge in [0.2, 0.25) is 5.91 Å². The molecular formula is C30H30N2O3. The van der Waals surface area contributed by atoms with Gasteiger partial charge in [-0.25, -0.2) is 0 Å². The summed E-state index contributed by atoms with van der Waals surface area (Å²) in [6, 6.07) is 29.7. The fraction of sp³-hybridized carbons (Fsp3) is 0.167. The van der Waals surface area contributed by atoms with Crippen molar-refractivity contribution in [2.45, 2.75) is 13.3 Å². The molecule has 5 rings (SSSR count). The van der Waals surface area contributed by atoms with E-state index in [9.17, 15) is 4.79 Å². The number of ether oxygens (including phenoxy) is 2. The molecule has 0 atom stereocenters. The molecule has 3 N–H and O–H groups in total. The number of hydrogen-bond donors (Lipinski definition) is 2. The molecule has 0 radical (unpaired) electrons. The van der Waals surface area contributed by atoms with Gasteiger partial charge in [-0.15, -0.1) is 0 Å². The van der Waals surface area contributed by atoms with E-state index in [0.29, 0.717) is 24.7 Å². The predicted molar refractivity (Wildman–Crippen MR) is 142 cm³/mol. The number of carbonyl (C=O) groups is 1. The normalized spacial score (nSPS) is 10.6. The molecule has 2 aliphatic rings. The predicted octanol–water partition coefficient (Wildman–Crippen LogP) is 5.86. The molecule has 35 heavy (non-hydrogen) atoms. The fourth-order valence-electron chi connectivity index (χ4n) is 3.85. The summed E-state index contributed by atoms with van der Waals surface area (Å²) in [4.78, 5) is 12.6. The molecule has 0 bridgehead atoms. The fourth-order valence-corrected chi connectivity index (χ4v) is 3.85. The number of nitrogens with one attached hydrogen (secondary N) is 1. The van der Waals surface area contributed by atoms with Crippen molar-refractivity contribution < 1.29 is 14.3 Å². The number of anilines is 1. The standard InChI is InChI=1S/C23H24N2O3.C7H6/c1-27-22-15-17(11-12-21(22)28-14-13-24)16-23(26)25-20-10-6-5-9-19(20)18-7-3-2-4-8-18;1-5-2-3-6-4-7(5)6/h2-12,15H,13-14,16,24H2,1H3,(H,25,26);2-4H,1H3. The largest absolute Gasteiger partial charge is 0.493 e. The zero-order valence-electron chi connectivity index (χ0n) is 20.1. The summed E-state index contributed by atoms with van der Waals surface area (Å²) < 4.78 is 10.9. The average Bonchev–Trinajstić information content (AvgIpc) is 3.59. The zero-order valence-corrected chi connectivity index (χ0v) is 20.1. The Labute approximate surface area is 206 Å². The Kier molecular flexibility index (Phi) is 7.81. The van der Waals surface area contributed by atoms with Gasteiger partial charge < -0.3 is 20.5 Å². The topological polar surface area (TPSA) is 73.6 Å². The molecule has 0 saturated carbocycles. The van der Waals surface area contributed by atoms with Gasteiger partial charge in [-0.1, -0.05) is 66.7 Å². The van der Waals surface area contributed by atoms with Crippen molar-refractivity contribution in [3.8, 4) is 33.8 Å². The van der Waals surface area contributed by atoms with Gasteiger partial charge in [-0.05, 0) is 59.0 Å². The summed E-state index contributed by atoms with van der Waals surface area (Å²) >= 11 is 0. The Bertz CT molecular complexity index is 1300. The van der Waals surface area contributed by atoms with Gasteiger partial charge in [0.05, 0.1) is 13.5 Å².